The normalized spacial score (nSPS) is 10.7. The average molecular weight is 456 g/mol. The summed E-state index contributed by atoms with van der Waals surface area (Å²) in [6.07, 6.45) is 1.80. The van der Waals surface area contributed by atoms with Crippen LogP contribution in [-0.2, 0) is 11.3 Å². The first kappa shape index (κ1) is 22.9. The molecule has 0 aliphatic rings. The van der Waals surface area contributed by atoms with Crippen molar-refractivity contribution in [1.29, 1.82) is 0 Å². The highest BCUT2D eigenvalue weighted by atomic mass is 35.5. The van der Waals surface area contributed by atoms with Gasteiger partial charge in [0.2, 0.25) is 5.91 Å². The van der Waals surface area contributed by atoms with E-state index in [0.29, 0.717) is 22.4 Å². The predicted molar refractivity (Wildman–Crippen MR) is 130 cm³/mol. The Kier molecular flexibility index (Phi) is 8.14. The van der Waals surface area contributed by atoms with Gasteiger partial charge >= 0.3 is 0 Å². The molecule has 0 unspecified atom stereocenters. The predicted octanol–water partition coefficient (Wildman–Crippen LogP) is 5.36. The summed E-state index contributed by atoms with van der Waals surface area (Å²) in [7, 11) is 0. The summed E-state index contributed by atoms with van der Waals surface area (Å²) in [4.78, 5) is 14.6. The molecule has 0 spiro atoms. The lowest BCUT2D eigenvalue weighted by Crippen LogP contribution is -2.21. The van der Waals surface area contributed by atoms with Gasteiger partial charge in [0, 0.05) is 41.6 Å². The van der Waals surface area contributed by atoms with Crippen LogP contribution in [0.4, 0.5) is 11.4 Å². The fourth-order valence-corrected chi connectivity index (χ4v) is 4.14. The number of anilines is 2. The number of carbonyl (C=O) groups excluding carboxylic acids is 1. The van der Waals surface area contributed by atoms with Gasteiger partial charge in [-0.25, -0.2) is 0 Å². The minimum Gasteiger partial charge on any atom is -0.372 e. The zero-order chi connectivity index (χ0) is 22.2. The molecule has 162 valence electrons. The number of allylic oxidation sites excluding steroid dienone is 1. The third kappa shape index (κ3) is 5.89. The maximum absolute atomic E-state index is 12.3. The minimum atomic E-state index is -0.134. The zero-order valence-corrected chi connectivity index (χ0v) is 19.3. The Morgan fingerprint density at radius 2 is 1.94 bits per heavy atom. The number of rotatable bonds is 10. The van der Waals surface area contributed by atoms with Gasteiger partial charge in [-0.3, -0.25) is 9.36 Å². The Morgan fingerprint density at radius 1 is 1.19 bits per heavy atom. The standard InChI is InChI=1S/C23H26ClN5OS/c1-4-14-29-22(17-10-12-20(13-11-17)28(5-2)6-3)26-27-23(29)31-16-21(30)25-19-9-7-8-18(24)15-19/h4,7-13,15H,1,5-6,14,16H2,2-3H3,(H,25,30). The van der Waals surface area contributed by atoms with Crippen molar-refractivity contribution in [2.24, 2.45) is 0 Å². The number of amides is 1. The van der Waals surface area contributed by atoms with Gasteiger partial charge in [0.15, 0.2) is 11.0 Å². The van der Waals surface area contributed by atoms with Gasteiger partial charge in [0.05, 0.1) is 5.75 Å². The highest BCUT2D eigenvalue weighted by Gasteiger charge is 2.15. The third-order valence-electron chi connectivity index (χ3n) is 4.72. The topological polar surface area (TPSA) is 63.1 Å². The Balaban J connectivity index is 1.72. The van der Waals surface area contributed by atoms with Crippen LogP contribution < -0.4 is 10.2 Å². The number of nitrogens with zero attached hydrogens (tertiary/aromatic N) is 4. The Bertz CT molecular complexity index is 1030. The van der Waals surface area contributed by atoms with Gasteiger partial charge in [-0.05, 0) is 56.3 Å². The van der Waals surface area contributed by atoms with E-state index in [1.54, 1.807) is 30.3 Å². The molecule has 0 atom stereocenters. The van der Waals surface area contributed by atoms with Crippen molar-refractivity contribution < 1.29 is 4.79 Å². The van der Waals surface area contributed by atoms with E-state index >= 15 is 0 Å². The molecule has 1 amide bonds. The molecule has 8 heteroatoms. The van der Waals surface area contributed by atoms with E-state index in [-0.39, 0.29) is 11.7 Å². The molecule has 0 radical (unpaired) electrons. The lowest BCUT2D eigenvalue weighted by Gasteiger charge is -2.21. The van der Waals surface area contributed by atoms with Gasteiger partial charge in [-0.15, -0.1) is 16.8 Å². The molecule has 6 nitrogen and oxygen atoms in total. The third-order valence-corrected chi connectivity index (χ3v) is 5.93. The zero-order valence-electron chi connectivity index (χ0n) is 17.7. The van der Waals surface area contributed by atoms with Crippen molar-refractivity contribution >= 4 is 40.6 Å². The van der Waals surface area contributed by atoms with Crippen LogP contribution in [0.25, 0.3) is 11.4 Å². The highest BCUT2D eigenvalue weighted by molar-refractivity contribution is 7.99. The first-order chi connectivity index (χ1) is 15.0. The quantitative estimate of drug-likeness (QED) is 0.329. The van der Waals surface area contributed by atoms with E-state index in [4.69, 9.17) is 11.6 Å². The van der Waals surface area contributed by atoms with Crippen molar-refractivity contribution in [2.45, 2.75) is 25.5 Å². The van der Waals surface area contributed by atoms with Crippen molar-refractivity contribution in [3.05, 3.63) is 66.2 Å². The Morgan fingerprint density at radius 3 is 2.58 bits per heavy atom. The van der Waals surface area contributed by atoms with Gasteiger partial charge in [0.1, 0.15) is 0 Å². The second-order valence-electron chi connectivity index (χ2n) is 6.77. The second kappa shape index (κ2) is 11.0. The first-order valence-electron chi connectivity index (χ1n) is 10.1. The number of halogens is 1. The van der Waals surface area contributed by atoms with Crippen molar-refractivity contribution in [3.8, 4) is 11.4 Å². The minimum absolute atomic E-state index is 0.134. The second-order valence-corrected chi connectivity index (χ2v) is 8.15. The Hall–Kier alpha value is -2.77. The molecule has 1 N–H and O–H groups in total. The summed E-state index contributed by atoms with van der Waals surface area (Å²) < 4.78 is 1.97. The molecule has 0 saturated heterocycles. The van der Waals surface area contributed by atoms with Crippen LogP contribution in [0.3, 0.4) is 0 Å². The molecule has 1 heterocycles. The first-order valence-corrected chi connectivity index (χ1v) is 11.5. The molecular weight excluding hydrogens is 430 g/mol. The maximum atomic E-state index is 12.3. The highest BCUT2D eigenvalue weighted by Crippen LogP contribution is 2.26. The number of thioether (sulfide) groups is 1. The van der Waals surface area contributed by atoms with Crippen LogP contribution in [0.15, 0.2) is 66.3 Å². The van der Waals surface area contributed by atoms with Gasteiger partial charge in [-0.1, -0.05) is 35.5 Å². The summed E-state index contributed by atoms with van der Waals surface area (Å²) >= 11 is 7.31. The lowest BCUT2D eigenvalue weighted by atomic mass is 10.2. The van der Waals surface area contributed by atoms with Gasteiger partial charge in [0.25, 0.3) is 0 Å². The van der Waals surface area contributed by atoms with Crippen LogP contribution in [-0.4, -0.2) is 39.5 Å². The van der Waals surface area contributed by atoms with E-state index in [9.17, 15) is 4.79 Å². The van der Waals surface area contributed by atoms with Crippen molar-refractivity contribution in [2.75, 3.05) is 29.1 Å². The molecular formula is C23H26ClN5OS. The molecule has 0 bridgehead atoms. The van der Waals surface area contributed by atoms with E-state index in [1.165, 1.54) is 17.4 Å². The molecule has 0 aliphatic heterocycles. The van der Waals surface area contributed by atoms with Gasteiger partial charge < -0.3 is 10.2 Å². The number of carbonyl (C=O) groups is 1. The fraction of sp³-hybridized carbons (Fsp3) is 0.261. The monoisotopic (exact) mass is 455 g/mol. The summed E-state index contributed by atoms with van der Waals surface area (Å²) in [6.45, 7) is 10.6. The van der Waals surface area contributed by atoms with Crippen LogP contribution in [0.5, 0.6) is 0 Å². The van der Waals surface area contributed by atoms with Crippen LogP contribution in [0, 0.1) is 0 Å². The van der Waals surface area contributed by atoms with Crippen LogP contribution >= 0.6 is 23.4 Å². The SMILES string of the molecule is C=CCn1c(SCC(=O)Nc2cccc(Cl)c2)nnc1-c1ccc(N(CC)CC)cc1. The van der Waals surface area contributed by atoms with Gasteiger partial charge in [-0.2, -0.15) is 0 Å². The van der Waals surface area contributed by atoms with Crippen LogP contribution in [0.1, 0.15) is 13.8 Å². The molecule has 1 aromatic heterocycles. The maximum Gasteiger partial charge on any atom is 0.234 e. The van der Waals surface area contributed by atoms with Crippen molar-refractivity contribution in [3.63, 3.8) is 0 Å². The molecule has 31 heavy (non-hydrogen) atoms. The van der Waals surface area contributed by atoms with E-state index in [1.807, 2.05) is 4.57 Å². The number of hydrogen-bond acceptors (Lipinski definition) is 5. The smallest absolute Gasteiger partial charge is 0.234 e. The molecule has 2 aromatic carbocycles. The Labute approximate surface area is 192 Å². The lowest BCUT2D eigenvalue weighted by molar-refractivity contribution is -0.113. The number of benzene rings is 2. The fourth-order valence-electron chi connectivity index (χ4n) is 3.21. The van der Waals surface area contributed by atoms with Crippen LogP contribution in [0.2, 0.25) is 5.02 Å². The molecule has 0 saturated carbocycles. The molecule has 3 rings (SSSR count). The largest absolute Gasteiger partial charge is 0.372 e. The molecule has 0 fully saturated rings. The van der Waals surface area contributed by atoms with E-state index in [2.05, 4.69) is 65.1 Å². The number of hydrogen-bond donors (Lipinski definition) is 1. The molecule has 0 aliphatic carbocycles. The summed E-state index contributed by atoms with van der Waals surface area (Å²) in [5.41, 5.74) is 2.82. The summed E-state index contributed by atoms with van der Waals surface area (Å²) in [6, 6.07) is 15.4. The van der Waals surface area contributed by atoms with E-state index in [0.717, 1.165) is 24.5 Å². The van der Waals surface area contributed by atoms with Crippen molar-refractivity contribution in [1.82, 2.24) is 14.8 Å². The number of nitrogens with one attached hydrogen (secondary N) is 1. The summed E-state index contributed by atoms with van der Waals surface area (Å²) in [5.74, 6) is 0.831. The average Bonchev–Trinajstić information content (AvgIpc) is 3.16. The number of aromatic nitrogens is 3. The summed E-state index contributed by atoms with van der Waals surface area (Å²) in [5, 5.41) is 12.8. The van der Waals surface area contributed by atoms with E-state index < -0.39 is 0 Å². The molecule has 3 aromatic rings.